The molecule has 2 fully saturated rings. The number of carbonyl (C=O) groups is 1. The minimum atomic E-state index is -0.0532. The van der Waals surface area contributed by atoms with Gasteiger partial charge in [-0.1, -0.05) is 29.3 Å². The third-order valence-corrected chi connectivity index (χ3v) is 6.29. The lowest BCUT2D eigenvalue weighted by Crippen LogP contribution is -2.38. The summed E-state index contributed by atoms with van der Waals surface area (Å²) in [6.45, 7) is 2.32. The van der Waals surface area contributed by atoms with Crippen LogP contribution in [0.2, 0.25) is 10.0 Å². The number of halogens is 2. The number of aromatic nitrogens is 2. The van der Waals surface area contributed by atoms with E-state index >= 15 is 0 Å². The first-order chi connectivity index (χ1) is 12.5. The van der Waals surface area contributed by atoms with Crippen LogP contribution in [-0.4, -0.2) is 40.2 Å². The lowest BCUT2D eigenvalue weighted by Gasteiger charge is -2.29. The van der Waals surface area contributed by atoms with Gasteiger partial charge in [-0.05, 0) is 36.1 Å². The molecule has 2 aromatic rings. The molecule has 3 heterocycles. The molecule has 1 aromatic carbocycles. The predicted octanol–water partition coefficient (Wildman–Crippen LogP) is 3.39. The maximum Gasteiger partial charge on any atom is 0.228 e. The normalized spacial score (nSPS) is 25.8. The van der Waals surface area contributed by atoms with Crippen molar-refractivity contribution in [2.75, 3.05) is 19.6 Å². The van der Waals surface area contributed by atoms with Gasteiger partial charge in [0, 0.05) is 38.8 Å². The fraction of sp³-hybridized carbons (Fsp3) is 0.474. The Bertz CT molecular complexity index is 822. The van der Waals surface area contributed by atoms with Crippen LogP contribution in [0.15, 0.2) is 30.6 Å². The molecule has 7 heteroatoms. The maximum atomic E-state index is 13.4. The van der Waals surface area contributed by atoms with E-state index in [0.29, 0.717) is 16.6 Å². The molecule has 1 aromatic heterocycles. The fourth-order valence-corrected chi connectivity index (χ4v) is 4.54. The molecule has 0 saturated carbocycles. The molecular weight excluding hydrogens is 371 g/mol. The van der Waals surface area contributed by atoms with Crippen LogP contribution >= 0.6 is 23.2 Å². The first-order valence-corrected chi connectivity index (χ1v) is 9.75. The molecule has 2 aliphatic heterocycles. The quantitative estimate of drug-likeness (QED) is 0.870. The standard InChI is InChI=1S/C19H22Cl2N4O/c1-24-11-13(8-23-24)14-9-22-10-15(14)19(26)25-6-2-3-18(25)12-4-5-16(20)17(21)7-12/h4-5,7-8,11,14-15,18,22H,2-3,6,9-10H2,1H3/t14-,15+,18?/m1/s1. The lowest BCUT2D eigenvalue weighted by atomic mass is 9.89. The Hall–Kier alpha value is -1.56. The number of amides is 1. The summed E-state index contributed by atoms with van der Waals surface area (Å²) < 4.78 is 1.80. The summed E-state index contributed by atoms with van der Waals surface area (Å²) in [6.07, 6.45) is 5.85. The Morgan fingerprint density at radius 3 is 2.81 bits per heavy atom. The molecule has 3 atom stereocenters. The number of aryl methyl sites for hydroxylation is 1. The second-order valence-electron chi connectivity index (χ2n) is 7.18. The Morgan fingerprint density at radius 1 is 1.23 bits per heavy atom. The van der Waals surface area contributed by atoms with Crippen molar-refractivity contribution >= 4 is 29.1 Å². The highest BCUT2D eigenvalue weighted by Crippen LogP contribution is 2.38. The molecule has 0 spiro atoms. The Morgan fingerprint density at radius 2 is 2.08 bits per heavy atom. The maximum absolute atomic E-state index is 13.4. The van der Waals surface area contributed by atoms with Gasteiger partial charge in [0.25, 0.3) is 0 Å². The third-order valence-electron chi connectivity index (χ3n) is 5.55. The highest BCUT2D eigenvalue weighted by molar-refractivity contribution is 6.42. The van der Waals surface area contributed by atoms with Crippen molar-refractivity contribution in [3.05, 3.63) is 51.8 Å². The van der Waals surface area contributed by atoms with Crippen molar-refractivity contribution in [1.82, 2.24) is 20.0 Å². The summed E-state index contributed by atoms with van der Waals surface area (Å²) in [6, 6.07) is 5.77. The number of likely N-dealkylation sites (tertiary alicyclic amines) is 1. The van der Waals surface area contributed by atoms with Crippen LogP contribution in [-0.2, 0) is 11.8 Å². The number of nitrogens with zero attached hydrogens (tertiary/aromatic N) is 3. The molecule has 0 aliphatic carbocycles. The molecule has 5 nitrogen and oxygen atoms in total. The molecular formula is C19H22Cl2N4O. The second-order valence-corrected chi connectivity index (χ2v) is 8.00. The summed E-state index contributed by atoms with van der Waals surface area (Å²) >= 11 is 12.2. The summed E-state index contributed by atoms with van der Waals surface area (Å²) in [5.41, 5.74) is 2.19. The van der Waals surface area contributed by atoms with Gasteiger partial charge in [-0.25, -0.2) is 0 Å². The van der Waals surface area contributed by atoms with Gasteiger partial charge in [0.15, 0.2) is 0 Å². The molecule has 1 N–H and O–H groups in total. The van der Waals surface area contributed by atoms with Crippen molar-refractivity contribution in [3.63, 3.8) is 0 Å². The van der Waals surface area contributed by atoms with Gasteiger partial charge in [-0.3, -0.25) is 9.48 Å². The van der Waals surface area contributed by atoms with Crippen LogP contribution in [0.5, 0.6) is 0 Å². The van der Waals surface area contributed by atoms with Gasteiger partial charge in [-0.2, -0.15) is 5.10 Å². The Labute approximate surface area is 163 Å². The number of carbonyl (C=O) groups excluding carboxylic acids is 1. The monoisotopic (exact) mass is 392 g/mol. The van der Waals surface area contributed by atoms with E-state index in [1.807, 2.05) is 42.5 Å². The van der Waals surface area contributed by atoms with E-state index < -0.39 is 0 Å². The first kappa shape index (κ1) is 17.8. The van der Waals surface area contributed by atoms with Gasteiger partial charge >= 0.3 is 0 Å². The first-order valence-electron chi connectivity index (χ1n) is 8.99. The van der Waals surface area contributed by atoms with Crippen LogP contribution in [0.4, 0.5) is 0 Å². The molecule has 0 bridgehead atoms. The molecule has 4 rings (SSSR count). The van der Waals surface area contributed by atoms with Gasteiger partial charge in [0.05, 0.1) is 28.2 Å². The van der Waals surface area contributed by atoms with Crippen molar-refractivity contribution in [3.8, 4) is 0 Å². The van der Waals surface area contributed by atoms with E-state index in [-0.39, 0.29) is 23.8 Å². The summed E-state index contributed by atoms with van der Waals surface area (Å²) in [5.74, 6) is 0.339. The second kappa shape index (κ2) is 7.22. The van der Waals surface area contributed by atoms with E-state index in [4.69, 9.17) is 23.2 Å². The molecule has 26 heavy (non-hydrogen) atoms. The topological polar surface area (TPSA) is 50.2 Å². The summed E-state index contributed by atoms with van der Waals surface area (Å²) in [5, 5.41) is 8.74. The van der Waals surface area contributed by atoms with Crippen LogP contribution in [0.3, 0.4) is 0 Å². The minimum absolute atomic E-state index is 0.0532. The predicted molar refractivity (Wildman–Crippen MR) is 102 cm³/mol. The highest BCUT2D eigenvalue weighted by Gasteiger charge is 2.40. The van der Waals surface area contributed by atoms with Crippen LogP contribution in [0.25, 0.3) is 0 Å². The zero-order valence-corrected chi connectivity index (χ0v) is 16.2. The average molecular weight is 393 g/mol. The van der Waals surface area contributed by atoms with Gasteiger partial charge < -0.3 is 10.2 Å². The molecule has 1 amide bonds. The molecule has 0 radical (unpaired) electrons. The Kier molecular flexibility index (Phi) is 4.95. The van der Waals surface area contributed by atoms with Crippen molar-refractivity contribution < 1.29 is 4.79 Å². The van der Waals surface area contributed by atoms with E-state index in [9.17, 15) is 4.79 Å². The number of hydrogen-bond donors (Lipinski definition) is 1. The highest BCUT2D eigenvalue weighted by atomic mass is 35.5. The number of benzene rings is 1. The van der Waals surface area contributed by atoms with Crippen molar-refractivity contribution in [2.24, 2.45) is 13.0 Å². The molecule has 138 valence electrons. The summed E-state index contributed by atoms with van der Waals surface area (Å²) in [4.78, 5) is 15.4. The number of hydrogen-bond acceptors (Lipinski definition) is 3. The van der Waals surface area contributed by atoms with E-state index in [1.54, 1.807) is 4.68 Å². The van der Waals surface area contributed by atoms with Crippen molar-refractivity contribution in [1.29, 1.82) is 0 Å². The van der Waals surface area contributed by atoms with Gasteiger partial charge in [0.1, 0.15) is 0 Å². The Balaban J connectivity index is 1.57. The zero-order valence-electron chi connectivity index (χ0n) is 14.7. The van der Waals surface area contributed by atoms with Gasteiger partial charge in [0.2, 0.25) is 5.91 Å². The van der Waals surface area contributed by atoms with Crippen LogP contribution in [0, 0.1) is 5.92 Å². The van der Waals surface area contributed by atoms with Gasteiger partial charge in [-0.15, -0.1) is 0 Å². The fourth-order valence-electron chi connectivity index (χ4n) is 4.23. The number of rotatable bonds is 3. The third kappa shape index (κ3) is 3.24. The zero-order chi connectivity index (χ0) is 18.3. The van der Waals surface area contributed by atoms with E-state index in [0.717, 1.165) is 37.1 Å². The van der Waals surface area contributed by atoms with Crippen LogP contribution in [0.1, 0.15) is 35.9 Å². The molecule has 2 saturated heterocycles. The van der Waals surface area contributed by atoms with E-state index in [2.05, 4.69) is 10.4 Å². The largest absolute Gasteiger partial charge is 0.335 e. The van der Waals surface area contributed by atoms with Crippen molar-refractivity contribution in [2.45, 2.75) is 24.8 Å². The van der Waals surface area contributed by atoms with Crippen LogP contribution < -0.4 is 5.32 Å². The minimum Gasteiger partial charge on any atom is -0.335 e. The smallest absolute Gasteiger partial charge is 0.228 e. The number of nitrogens with one attached hydrogen (secondary N) is 1. The molecule has 1 unspecified atom stereocenters. The summed E-state index contributed by atoms with van der Waals surface area (Å²) in [7, 11) is 1.91. The lowest BCUT2D eigenvalue weighted by molar-refractivity contribution is -0.136. The van der Waals surface area contributed by atoms with E-state index in [1.165, 1.54) is 0 Å². The SMILES string of the molecule is Cn1cc([C@H]2CNC[C@@H]2C(=O)N2CCCC2c2ccc(Cl)c(Cl)c2)cn1. The average Bonchev–Trinajstić information content (AvgIpc) is 3.35. The molecule has 2 aliphatic rings.